The molecule has 0 fully saturated rings. The van der Waals surface area contributed by atoms with Gasteiger partial charge in [0, 0.05) is 11.9 Å². The number of hydrogen-bond acceptors (Lipinski definition) is 4. The monoisotopic (exact) mass is 282 g/mol. The minimum atomic E-state index is -1.03. The largest absolute Gasteiger partial charge is 0.477 e. The Bertz CT molecular complexity index is 908. The summed E-state index contributed by atoms with van der Waals surface area (Å²) in [5.41, 5.74) is 0.943. The predicted molar refractivity (Wildman–Crippen MR) is 76.8 cm³/mol. The molecule has 0 aromatic carbocycles. The van der Waals surface area contributed by atoms with Gasteiger partial charge >= 0.3 is 5.97 Å². The summed E-state index contributed by atoms with van der Waals surface area (Å²) in [6.07, 6.45) is 6.26. The van der Waals surface area contributed by atoms with Crippen molar-refractivity contribution < 1.29 is 9.90 Å². The Morgan fingerprint density at radius 2 is 2.05 bits per heavy atom. The SMILES string of the molecule is O=C(O)c1ccc(/C=C/c2nc3cnccc3c(=O)[nH]2)[nH]1. The van der Waals surface area contributed by atoms with Gasteiger partial charge in [0.1, 0.15) is 11.5 Å². The standard InChI is InChI=1S/C14H10N4O3/c19-13-9-5-6-15-7-11(9)17-12(18-13)4-2-8-1-3-10(16-8)14(20)21/h1-7,16H,(H,20,21)(H,17,18,19)/b4-2+. The van der Waals surface area contributed by atoms with Crippen LogP contribution < -0.4 is 5.56 Å². The molecule has 0 saturated heterocycles. The molecule has 7 heteroatoms. The molecule has 0 radical (unpaired) electrons. The van der Waals surface area contributed by atoms with Gasteiger partial charge in [-0.1, -0.05) is 0 Å². The van der Waals surface area contributed by atoms with Crippen molar-refractivity contribution in [1.29, 1.82) is 0 Å². The van der Waals surface area contributed by atoms with E-state index in [-0.39, 0.29) is 11.3 Å². The van der Waals surface area contributed by atoms with Gasteiger partial charge in [-0.3, -0.25) is 9.78 Å². The first kappa shape index (κ1) is 12.8. The lowest BCUT2D eigenvalue weighted by atomic mass is 10.3. The number of aromatic amines is 2. The number of nitrogens with zero attached hydrogens (tertiary/aromatic N) is 2. The molecule has 104 valence electrons. The number of rotatable bonds is 3. The highest BCUT2D eigenvalue weighted by Crippen LogP contribution is 2.08. The minimum absolute atomic E-state index is 0.0961. The Morgan fingerprint density at radius 3 is 2.81 bits per heavy atom. The Hall–Kier alpha value is -3.22. The predicted octanol–water partition coefficient (Wildman–Crippen LogP) is 1.51. The normalized spacial score (nSPS) is 11.2. The smallest absolute Gasteiger partial charge is 0.352 e. The van der Waals surface area contributed by atoms with Crippen LogP contribution in [-0.2, 0) is 0 Å². The third-order valence-corrected chi connectivity index (χ3v) is 2.89. The number of nitrogens with one attached hydrogen (secondary N) is 2. The van der Waals surface area contributed by atoms with E-state index in [1.165, 1.54) is 18.5 Å². The van der Waals surface area contributed by atoms with Crippen LogP contribution >= 0.6 is 0 Å². The van der Waals surface area contributed by atoms with E-state index in [1.807, 2.05) is 0 Å². The molecular weight excluding hydrogens is 272 g/mol. The highest BCUT2D eigenvalue weighted by Gasteiger charge is 2.04. The zero-order valence-electron chi connectivity index (χ0n) is 10.7. The van der Waals surface area contributed by atoms with Crippen LogP contribution in [0.3, 0.4) is 0 Å². The van der Waals surface area contributed by atoms with Crippen LogP contribution in [-0.4, -0.2) is 31.0 Å². The van der Waals surface area contributed by atoms with Gasteiger partial charge in [0.05, 0.1) is 17.1 Å². The number of pyridine rings is 1. The lowest BCUT2D eigenvalue weighted by molar-refractivity contribution is 0.0691. The third-order valence-electron chi connectivity index (χ3n) is 2.89. The first-order valence-corrected chi connectivity index (χ1v) is 6.08. The summed E-state index contributed by atoms with van der Waals surface area (Å²) < 4.78 is 0. The molecule has 3 aromatic heterocycles. The molecule has 21 heavy (non-hydrogen) atoms. The summed E-state index contributed by atoms with van der Waals surface area (Å²) in [6.45, 7) is 0. The van der Waals surface area contributed by atoms with Crippen LogP contribution in [0.25, 0.3) is 23.1 Å². The molecule has 0 aliphatic heterocycles. The van der Waals surface area contributed by atoms with Gasteiger partial charge in [0.25, 0.3) is 5.56 Å². The van der Waals surface area contributed by atoms with Crippen LogP contribution in [0.4, 0.5) is 0 Å². The van der Waals surface area contributed by atoms with Crippen molar-refractivity contribution in [2.45, 2.75) is 0 Å². The second-order valence-corrected chi connectivity index (χ2v) is 4.31. The fraction of sp³-hybridized carbons (Fsp3) is 0. The Labute approximate surface area is 118 Å². The molecule has 0 unspecified atom stereocenters. The number of hydrogen-bond donors (Lipinski definition) is 3. The number of carboxylic acid groups (broad SMARTS) is 1. The van der Waals surface area contributed by atoms with Gasteiger partial charge in [-0.2, -0.15) is 0 Å². The zero-order valence-corrected chi connectivity index (χ0v) is 10.7. The molecular formula is C14H10N4O3. The number of H-pyrrole nitrogens is 2. The number of carboxylic acids is 1. The summed E-state index contributed by atoms with van der Waals surface area (Å²) in [5, 5.41) is 9.28. The van der Waals surface area contributed by atoms with Crippen molar-refractivity contribution in [2.75, 3.05) is 0 Å². The molecule has 3 N–H and O–H groups in total. The van der Waals surface area contributed by atoms with Crippen molar-refractivity contribution in [2.24, 2.45) is 0 Å². The summed E-state index contributed by atoms with van der Waals surface area (Å²) in [4.78, 5) is 36.2. The molecule has 0 atom stereocenters. The van der Waals surface area contributed by atoms with Gasteiger partial charge in [-0.15, -0.1) is 0 Å². The fourth-order valence-corrected chi connectivity index (χ4v) is 1.89. The molecule has 0 aliphatic carbocycles. The molecule has 3 heterocycles. The molecule has 3 rings (SSSR count). The molecule has 0 amide bonds. The summed E-state index contributed by atoms with van der Waals surface area (Å²) in [5.74, 6) is -0.662. The van der Waals surface area contributed by atoms with Crippen LogP contribution in [0.1, 0.15) is 22.0 Å². The summed E-state index contributed by atoms with van der Waals surface area (Å²) in [7, 11) is 0. The van der Waals surface area contributed by atoms with Gasteiger partial charge in [-0.25, -0.2) is 9.78 Å². The first-order chi connectivity index (χ1) is 10.1. The second kappa shape index (κ2) is 5.04. The molecule has 3 aromatic rings. The first-order valence-electron chi connectivity index (χ1n) is 6.08. The Balaban J connectivity index is 1.95. The van der Waals surface area contributed by atoms with Crippen LogP contribution in [0, 0.1) is 0 Å². The van der Waals surface area contributed by atoms with E-state index in [1.54, 1.807) is 24.3 Å². The quantitative estimate of drug-likeness (QED) is 0.674. The van der Waals surface area contributed by atoms with Crippen LogP contribution in [0.5, 0.6) is 0 Å². The Kier molecular flexibility index (Phi) is 3.07. The molecule has 7 nitrogen and oxygen atoms in total. The maximum Gasteiger partial charge on any atom is 0.352 e. The average molecular weight is 282 g/mol. The average Bonchev–Trinajstić information content (AvgIpc) is 2.94. The summed E-state index contributed by atoms with van der Waals surface area (Å²) in [6, 6.07) is 4.68. The molecule has 0 spiro atoms. The van der Waals surface area contributed by atoms with Crippen molar-refractivity contribution in [3.05, 3.63) is 58.2 Å². The number of fused-ring (bicyclic) bond motifs is 1. The van der Waals surface area contributed by atoms with Gasteiger partial charge in [-0.05, 0) is 30.4 Å². The summed E-state index contributed by atoms with van der Waals surface area (Å²) >= 11 is 0. The van der Waals surface area contributed by atoms with E-state index in [2.05, 4.69) is 19.9 Å². The molecule has 0 saturated carbocycles. The lowest BCUT2D eigenvalue weighted by Crippen LogP contribution is -2.09. The van der Waals surface area contributed by atoms with E-state index >= 15 is 0 Å². The number of aromatic carboxylic acids is 1. The molecule has 0 bridgehead atoms. The lowest BCUT2D eigenvalue weighted by Gasteiger charge is -1.97. The van der Waals surface area contributed by atoms with E-state index in [4.69, 9.17) is 5.11 Å². The third kappa shape index (κ3) is 2.57. The minimum Gasteiger partial charge on any atom is -0.477 e. The maximum absolute atomic E-state index is 11.9. The second-order valence-electron chi connectivity index (χ2n) is 4.31. The van der Waals surface area contributed by atoms with Crippen molar-refractivity contribution in [1.82, 2.24) is 19.9 Å². The van der Waals surface area contributed by atoms with E-state index < -0.39 is 5.97 Å². The molecule has 0 aliphatic rings. The zero-order chi connectivity index (χ0) is 14.8. The number of carbonyl (C=O) groups is 1. The van der Waals surface area contributed by atoms with Gasteiger partial charge < -0.3 is 15.1 Å². The maximum atomic E-state index is 11.9. The number of aromatic nitrogens is 4. The van der Waals surface area contributed by atoms with Crippen molar-refractivity contribution in [3.63, 3.8) is 0 Å². The topological polar surface area (TPSA) is 112 Å². The van der Waals surface area contributed by atoms with E-state index in [9.17, 15) is 9.59 Å². The van der Waals surface area contributed by atoms with Crippen molar-refractivity contribution >= 4 is 29.0 Å². The van der Waals surface area contributed by atoms with Crippen LogP contribution in [0.15, 0.2) is 35.4 Å². The van der Waals surface area contributed by atoms with Crippen LogP contribution in [0.2, 0.25) is 0 Å². The van der Waals surface area contributed by atoms with Gasteiger partial charge in [0.2, 0.25) is 0 Å². The highest BCUT2D eigenvalue weighted by molar-refractivity contribution is 5.86. The Morgan fingerprint density at radius 1 is 1.19 bits per heavy atom. The highest BCUT2D eigenvalue weighted by atomic mass is 16.4. The van der Waals surface area contributed by atoms with Crippen molar-refractivity contribution in [3.8, 4) is 0 Å². The van der Waals surface area contributed by atoms with E-state index in [0.29, 0.717) is 22.4 Å². The van der Waals surface area contributed by atoms with Gasteiger partial charge in [0.15, 0.2) is 0 Å². The fourth-order valence-electron chi connectivity index (χ4n) is 1.89. The van der Waals surface area contributed by atoms with E-state index in [0.717, 1.165) is 0 Å².